The number of hydrogen-bond donors (Lipinski definition) is 3. The molecule has 6 rings (SSSR count). The second-order valence-electron chi connectivity index (χ2n) is 11.5. The van der Waals surface area contributed by atoms with E-state index < -0.39 is 10.0 Å². The van der Waals surface area contributed by atoms with E-state index in [9.17, 15) is 13.2 Å². The van der Waals surface area contributed by atoms with Crippen molar-refractivity contribution in [3.05, 3.63) is 58.0 Å². The summed E-state index contributed by atoms with van der Waals surface area (Å²) >= 11 is 3.62. The number of ether oxygens (including phenoxy) is 1. The highest BCUT2D eigenvalue weighted by molar-refractivity contribution is 9.10. The van der Waals surface area contributed by atoms with Gasteiger partial charge in [0.15, 0.2) is 5.65 Å². The van der Waals surface area contributed by atoms with Crippen LogP contribution in [0.4, 0.5) is 5.69 Å². The molecule has 0 spiro atoms. The number of amides is 1. The van der Waals surface area contributed by atoms with E-state index in [2.05, 4.69) is 52.1 Å². The van der Waals surface area contributed by atoms with Gasteiger partial charge in [-0.2, -0.15) is 4.31 Å². The molecule has 0 aliphatic carbocycles. The number of carbonyl (C=O) groups excluding carboxylic acids is 1. The Morgan fingerprint density at radius 3 is 2.64 bits per heavy atom. The molecule has 12 nitrogen and oxygen atoms in total. The van der Waals surface area contributed by atoms with E-state index in [1.54, 1.807) is 17.4 Å². The predicted octanol–water partition coefficient (Wildman–Crippen LogP) is 3.69. The molecule has 1 aromatic carbocycles. The summed E-state index contributed by atoms with van der Waals surface area (Å²) in [5.74, 6) is 0.703. The number of anilines is 1. The summed E-state index contributed by atoms with van der Waals surface area (Å²) in [6.45, 7) is 11.4. The second-order valence-corrected chi connectivity index (χ2v) is 14.6. The van der Waals surface area contributed by atoms with Crippen LogP contribution in [0.5, 0.6) is 0 Å². The summed E-state index contributed by atoms with van der Waals surface area (Å²) in [6, 6.07) is 9.69. The standard InChI is InChI=1S/C31H39BrN8O4S/c1-4-45(42,43)39-11-9-23(19-39)35-27-26(32)18-34-30-28(27)36-29(37-30)25-17-20(2)40(21(25)3)24-7-5-22(6-8-24)31(41)33-10-12-38-13-15-44-16-14-38/h5-8,17-18,23H,4,9-16,19H2,1-3H3,(H,33,41)(H2,34,35,36,37)/t23-/m0/s1. The number of imidazole rings is 1. The molecule has 0 saturated carbocycles. The average molecular weight is 700 g/mol. The molecule has 4 aromatic rings. The fourth-order valence-corrected chi connectivity index (χ4v) is 7.66. The van der Waals surface area contributed by atoms with Gasteiger partial charge < -0.3 is 24.9 Å². The lowest BCUT2D eigenvalue weighted by atomic mass is 10.2. The molecular weight excluding hydrogens is 660 g/mol. The fourth-order valence-electron chi connectivity index (χ4n) is 6.10. The number of hydrogen-bond acceptors (Lipinski definition) is 8. The number of carbonyl (C=O) groups is 1. The van der Waals surface area contributed by atoms with Gasteiger partial charge in [-0.05, 0) is 73.5 Å². The van der Waals surface area contributed by atoms with Crippen LogP contribution in [0.1, 0.15) is 35.1 Å². The third-order valence-corrected chi connectivity index (χ3v) is 11.1. The number of rotatable bonds is 10. The molecule has 2 fully saturated rings. The quantitative estimate of drug-likeness (QED) is 0.228. The SMILES string of the molecule is CCS(=O)(=O)N1CC[C@H](Nc2c(Br)cnc3[nH]c(-c4cc(C)n(-c5ccc(C(=O)NCCN6CCOCC6)cc5)c4C)nc23)C1. The van der Waals surface area contributed by atoms with Gasteiger partial charge in [-0.3, -0.25) is 9.69 Å². The summed E-state index contributed by atoms with van der Waals surface area (Å²) < 4.78 is 34.6. The third kappa shape index (κ3) is 6.66. The molecular formula is C31H39BrN8O4S. The van der Waals surface area contributed by atoms with E-state index in [0.29, 0.717) is 48.6 Å². The Morgan fingerprint density at radius 2 is 1.91 bits per heavy atom. The predicted molar refractivity (Wildman–Crippen MR) is 178 cm³/mol. The van der Waals surface area contributed by atoms with Gasteiger partial charge in [-0.1, -0.05) is 0 Å². The number of benzene rings is 1. The Morgan fingerprint density at radius 1 is 1.16 bits per heavy atom. The van der Waals surface area contributed by atoms with Crippen molar-refractivity contribution in [3.8, 4) is 17.1 Å². The zero-order valence-electron chi connectivity index (χ0n) is 25.8. The minimum atomic E-state index is -3.23. The Bertz CT molecular complexity index is 1800. The molecule has 0 unspecified atom stereocenters. The number of halogens is 1. The first kappa shape index (κ1) is 31.7. The van der Waals surface area contributed by atoms with Crippen LogP contribution in [-0.2, 0) is 14.8 Å². The minimum absolute atomic E-state index is 0.0340. The lowest BCUT2D eigenvalue weighted by Crippen LogP contribution is -2.41. The average Bonchev–Trinajstić information content (AvgIpc) is 3.77. The molecule has 2 saturated heterocycles. The smallest absolute Gasteiger partial charge is 0.251 e. The van der Waals surface area contributed by atoms with Gasteiger partial charge in [-0.15, -0.1) is 0 Å². The van der Waals surface area contributed by atoms with Crippen LogP contribution in [0.3, 0.4) is 0 Å². The van der Waals surface area contributed by atoms with Crippen molar-refractivity contribution in [2.75, 3.05) is 63.6 Å². The van der Waals surface area contributed by atoms with Gasteiger partial charge >= 0.3 is 0 Å². The molecule has 3 aromatic heterocycles. The van der Waals surface area contributed by atoms with Gasteiger partial charge in [0.05, 0.1) is 29.1 Å². The summed E-state index contributed by atoms with van der Waals surface area (Å²) in [4.78, 5) is 27.9. The van der Waals surface area contributed by atoms with Crippen molar-refractivity contribution in [1.82, 2.24) is 34.0 Å². The number of aromatic amines is 1. The van der Waals surface area contributed by atoms with E-state index >= 15 is 0 Å². The number of nitrogens with zero attached hydrogens (tertiary/aromatic N) is 5. The number of sulfonamides is 1. The number of nitrogens with one attached hydrogen (secondary N) is 3. The van der Waals surface area contributed by atoms with Crippen LogP contribution >= 0.6 is 15.9 Å². The van der Waals surface area contributed by atoms with Crippen molar-refractivity contribution in [1.29, 1.82) is 0 Å². The van der Waals surface area contributed by atoms with E-state index in [1.807, 2.05) is 38.1 Å². The van der Waals surface area contributed by atoms with Crippen LogP contribution in [0.25, 0.3) is 28.2 Å². The van der Waals surface area contributed by atoms with E-state index in [0.717, 1.165) is 65.6 Å². The van der Waals surface area contributed by atoms with Gasteiger partial charge in [0.25, 0.3) is 5.91 Å². The van der Waals surface area contributed by atoms with Gasteiger partial charge in [-0.25, -0.2) is 18.4 Å². The van der Waals surface area contributed by atoms with Crippen molar-refractivity contribution >= 4 is 48.7 Å². The minimum Gasteiger partial charge on any atom is -0.379 e. The second kappa shape index (κ2) is 13.2. The van der Waals surface area contributed by atoms with E-state index in [1.165, 1.54) is 0 Å². The first-order chi connectivity index (χ1) is 21.6. The van der Waals surface area contributed by atoms with Gasteiger partial charge in [0.1, 0.15) is 11.3 Å². The summed E-state index contributed by atoms with van der Waals surface area (Å²) in [5.41, 5.74) is 6.66. The van der Waals surface area contributed by atoms with Crippen LogP contribution in [0.15, 0.2) is 41.0 Å². The largest absolute Gasteiger partial charge is 0.379 e. The number of aromatic nitrogens is 4. The Kier molecular flexibility index (Phi) is 9.29. The highest BCUT2D eigenvalue weighted by Gasteiger charge is 2.31. The van der Waals surface area contributed by atoms with Crippen molar-refractivity contribution in [3.63, 3.8) is 0 Å². The Labute approximate surface area is 271 Å². The van der Waals surface area contributed by atoms with Crippen molar-refractivity contribution in [2.24, 2.45) is 0 Å². The molecule has 5 heterocycles. The maximum Gasteiger partial charge on any atom is 0.251 e. The molecule has 1 amide bonds. The molecule has 0 bridgehead atoms. The number of morpholine rings is 1. The molecule has 14 heteroatoms. The number of aryl methyl sites for hydroxylation is 1. The third-order valence-electron chi connectivity index (χ3n) is 8.62. The van der Waals surface area contributed by atoms with E-state index in [-0.39, 0.29) is 17.7 Å². The Balaban J connectivity index is 1.18. The Hall–Kier alpha value is -3.30. The van der Waals surface area contributed by atoms with E-state index in [4.69, 9.17) is 9.72 Å². The van der Waals surface area contributed by atoms with Gasteiger partial charge in [0, 0.05) is 79.7 Å². The summed E-state index contributed by atoms with van der Waals surface area (Å²) in [5, 5.41) is 6.55. The first-order valence-corrected chi connectivity index (χ1v) is 17.7. The normalized spacial score (nSPS) is 18.1. The highest BCUT2D eigenvalue weighted by Crippen LogP contribution is 2.34. The van der Waals surface area contributed by atoms with Crippen molar-refractivity contribution in [2.45, 2.75) is 33.2 Å². The molecule has 2 aliphatic heterocycles. The molecule has 240 valence electrons. The van der Waals surface area contributed by atoms with Crippen LogP contribution in [0, 0.1) is 13.8 Å². The molecule has 3 N–H and O–H groups in total. The maximum atomic E-state index is 12.8. The zero-order chi connectivity index (χ0) is 31.7. The van der Waals surface area contributed by atoms with Crippen LogP contribution in [0.2, 0.25) is 0 Å². The lowest BCUT2D eigenvalue weighted by Gasteiger charge is -2.26. The monoisotopic (exact) mass is 698 g/mol. The lowest BCUT2D eigenvalue weighted by molar-refractivity contribution is 0.0383. The fraction of sp³-hybridized carbons (Fsp3) is 0.452. The number of pyridine rings is 1. The summed E-state index contributed by atoms with van der Waals surface area (Å²) in [6.07, 6.45) is 2.44. The maximum absolute atomic E-state index is 12.8. The van der Waals surface area contributed by atoms with Gasteiger partial charge in [0.2, 0.25) is 10.0 Å². The number of fused-ring (bicyclic) bond motifs is 1. The molecule has 0 radical (unpaired) electrons. The number of H-pyrrole nitrogens is 1. The van der Waals surface area contributed by atoms with Crippen LogP contribution < -0.4 is 10.6 Å². The zero-order valence-corrected chi connectivity index (χ0v) is 28.2. The molecule has 1 atom stereocenters. The first-order valence-electron chi connectivity index (χ1n) is 15.3. The van der Waals surface area contributed by atoms with Crippen LogP contribution in [-0.4, -0.2) is 107 Å². The van der Waals surface area contributed by atoms with Crippen molar-refractivity contribution < 1.29 is 17.9 Å². The molecule has 2 aliphatic rings. The molecule has 45 heavy (non-hydrogen) atoms. The summed E-state index contributed by atoms with van der Waals surface area (Å²) in [7, 11) is -3.23. The topological polar surface area (TPSA) is 137 Å². The highest BCUT2D eigenvalue weighted by atomic mass is 79.9.